The van der Waals surface area contributed by atoms with Gasteiger partial charge in [-0.1, -0.05) is 47.6 Å². The SMILES string of the molecule is O=C([O-])C(=O)[O-].[NH3+]CCCC1=CC=CC1.[NH3+]CCCC1=CC=CC1. The third kappa shape index (κ3) is 12.4. The van der Waals surface area contributed by atoms with Crippen molar-refractivity contribution in [3.05, 3.63) is 47.6 Å². The third-order valence-corrected chi connectivity index (χ3v) is 3.36. The number of aliphatic carboxylic acids is 2. The number of carbonyl (C=O) groups excluding carboxylic acids is 2. The first-order valence-electron chi connectivity index (χ1n) is 8.21. The summed E-state index contributed by atoms with van der Waals surface area (Å²) in [6.45, 7) is 2.13. The maximum atomic E-state index is 8.93. The summed E-state index contributed by atoms with van der Waals surface area (Å²) in [7, 11) is 0. The minimum atomic E-state index is -2.19. The highest BCUT2D eigenvalue weighted by Gasteiger charge is 1.98. The molecule has 0 unspecified atom stereocenters. The lowest BCUT2D eigenvalue weighted by atomic mass is 10.1. The second-order valence-electron chi connectivity index (χ2n) is 5.40. The van der Waals surface area contributed by atoms with Crippen LogP contribution in [0.15, 0.2) is 47.6 Å². The second kappa shape index (κ2) is 14.4. The van der Waals surface area contributed by atoms with Crippen LogP contribution in [0.2, 0.25) is 0 Å². The van der Waals surface area contributed by atoms with E-state index in [9.17, 15) is 0 Å². The Morgan fingerprint density at radius 2 is 1.21 bits per heavy atom. The monoisotopic (exact) mass is 336 g/mol. The van der Waals surface area contributed by atoms with Crippen molar-refractivity contribution in [2.75, 3.05) is 13.1 Å². The van der Waals surface area contributed by atoms with Gasteiger partial charge in [0.1, 0.15) is 0 Å². The predicted octanol–water partition coefficient (Wildman–Crippen LogP) is -1.72. The third-order valence-electron chi connectivity index (χ3n) is 3.36. The van der Waals surface area contributed by atoms with E-state index in [2.05, 4.69) is 47.9 Å². The molecule has 6 nitrogen and oxygen atoms in total. The van der Waals surface area contributed by atoms with Gasteiger partial charge in [0, 0.05) is 12.8 Å². The van der Waals surface area contributed by atoms with Gasteiger partial charge in [0.2, 0.25) is 0 Å². The molecular weight excluding hydrogens is 308 g/mol. The van der Waals surface area contributed by atoms with Crippen LogP contribution in [0.4, 0.5) is 0 Å². The minimum Gasteiger partial charge on any atom is -0.543 e. The van der Waals surface area contributed by atoms with E-state index < -0.39 is 11.9 Å². The molecule has 0 fully saturated rings. The topological polar surface area (TPSA) is 136 Å². The highest BCUT2D eigenvalue weighted by atomic mass is 16.4. The molecule has 2 rings (SSSR count). The Hall–Kier alpha value is -2.18. The number of rotatable bonds is 6. The van der Waals surface area contributed by atoms with E-state index >= 15 is 0 Å². The maximum Gasteiger partial charge on any atom is 0.0870 e. The highest BCUT2D eigenvalue weighted by Crippen LogP contribution is 2.15. The van der Waals surface area contributed by atoms with Gasteiger partial charge < -0.3 is 31.3 Å². The average Bonchev–Trinajstić information content (AvgIpc) is 3.25. The normalized spacial score (nSPS) is 14.1. The predicted molar refractivity (Wildman–Crippen MR) is 87.7 cm³/mol. The van der Waals surface area contributed by atoms with Gasteiger partial charge in [-0.3, -0.25) is 0 Å². The lowest BCUT2D eigenvalue weighted by Crippen LogP contribution is -2.50. The van der Waals surface area contributed by atoms with Crippen molar-refractivity contribution in [1.29, 1.82) is 0 Å². The van der Waals surface area contributed by atoms with E-state index in [4.69, 9.17) is 19.8 Å². The molecular formula is C18H28N2O4. The van der Waals surface area contributed by atoms with Crippen molar-refractivity contribution in [1.82, 2.24) is 0 Å². The molecule has 0 aromatic carbocycles. The average molecular weight is 336 g/mol. The van der Waals surface area contributed by atoms with Crippen molar-refractivity contribution in [3.8, 4) is 0 Å². The molecule has 0 saturated heterocycles. The van der Waals surface area contributed by atoms with Gasteiger partial charge in [-0.2, -0.15) is 0 Å². The lowest BCUT2D eigenvalue weighted by molar-refractivity contribution is -0.368. The van der Waals surface area contributed by atoms with Gasteiger partial charge in [0.25, 0.3) is 0 Å². The lowest BCUT2D eigenvalue weighted by Gasteiger charge is -1.97. The molecule has 0 spiro atoms. The van der Waals surface area contributed by atoms with Gasteiger partial charge in [-0.25, -0.2) is 0 Å². The van der Waals surface area contributed by atoms with Crippen molar-refractivity contribution in [2.24, 2.45) is 0 Å². The molecule has 24 heavy (non-hydrogen) atoms. The summed E-state index contributed by atoms with van der Waals surface area (Å²) < 4.78 is 0. The number of hydrogen-bond acceptors (Lipinski definition) is 4. The zero-order valence-corrected chi connectivity index (χ0v) is 14.2. The first-order valence-corrected chi connectivity index (χ1v) is 8.21. The van der Waals surface area contributed by atoms with E-state index in [0.29, 0.717) is 0 Å². The molecule has 0 radical (unpaired) electrons. The van der Waals surface area contributed by atoms with Crippen molar-refractivity contribution < 1.29 is 31.3 Å². The summed E-state index contributed by atoms with van der Waals surface area (Å²) in [5.74, 6) is -4.37. The maximum absolute atomic E-state index is 8.93. The van der Waals surface area contributed by atoms with E-state index in [1.807, 2.05) is 0 Å². The fourth-order valence-electron chi connectivity index (χ4n) is 2.06. The summed E-state index contributed by atoms with van der Waals surface area (Å²) in [6.07, 6.45) is 20.5. The molecule has 134 valence electrons. The minimum absolute atomic E-state index is 1.07. The first kappa shape index (κ1) is 21.8. The zero-order chi connectivity index (χ0) is 18.2. The molecule has 0 amide bonds. The summed E-state index contributed by atoms with van der Waals surface area (Å²) in [5.41, 5.74) is 10.7. The van der Waals surface area contributed by atoms with Crippen LogP contribution in [0.5, 0.6) is 0 Å². The standard InChI is InChI=1S/2C8H13N.C2H2O4/c2*9-7-3-6-8-4-1-2-5-8;3-1(4)2(5)6/h2*1-2,4H,3,5-7,9H2;(H,3,4)(H,5,6). The molecule has 0 bridgehead atoms. The van der Waals surface area contributed by atoms with Gasteiger partial charge in [0.15, 0.2) is 0 Å². The molecule has 0 aromatic rings. The molecule has 2 aliphatic carbocycles. The van der Waals surface area contributed by atoms with Gasteiger partial charge >= 0.3 is 0 Å². The van der Waals surface area contributed by atoms with E-state index in [1.165, 1.54) is 38.5 Å². The van der Waals surface area contributed by atoms with Gasteiger partial charge in [0.05, 0.1) is 25.0 Å². The molecule has 0 heterocycles. The largest absolute Gasteiger partial charge is 0.543 e. The zero-order valence-electron chi connectivity index (χ0n) is 14.2. The van der Waals surface area contributed by atoms with Crippen molar-refractivity contribution >= 4 is 11.9 Å². The molecule has 0 aliphatic heterocycles. The number of hydrogen-bond donors (Lipinski definition) is 2. The number of quaternary nitrogens is 2. The van der Waals surface area contributed by atoms with Crippen LogP contribution in [-0.4, -0.2) is 25.0 Å². The Balaban J connectivity index is 0.000000340. The number of carboxylic acids is 2. The van der Waals surface area contributed by atoms with Crippen LogP contribution >= 0.6 is 0 Å². The Labute approximate surface area is 143 Å². The molecule has 0 saturated carbocycles. The number of allylic oxidation sites excluding steroid dienone is 8. The molecule has 6 N–H and O–H groups in total. The Bertz CT molecular complexity index is 459. The van der Waals surface area contributed by atoms with Gasteiger partial charge in [-0.05, 0) is 25.7 Å². The fraction of sp³-hybridized carbons (Fsp3) is 0.444. The van der Waals surface area contributed by atoms with Crippen LogP contribution < -0.4 is 21.7 Å². The number of carbonyl (C=O) groups is 2. The van der Waals surface area contributed by atoms with E-state index in [0.717, 1.165) is 13.1 Å². The summed E-state index contributed by atoms with van der Waals surface area (Å²) >= 11 is 0. The Kier molecular flexibility index (Phi) is 13.1. The van der Waals surface area contributed by atoms with Crippen molar-refractivity contribution in [2.45, 2.75) is 38.5 Å². The molecule has 0 atom stereocenters. The van der Waals surface area contributed by atoms with Crippen LogP contribution in [0.1, 0.15) is 38.5 Å². The molecule has 6 heteroatoms. The smallest absolute Gasteiger partial charge is 0.0870 e. The highest BCUT2D eigenvalue weighted by molar-refractivity contribution is 6.25. The first-order chi connectivity index (χ1) is 11.5. The van der Waals surface area contributed by atoms with Crippen LogP contribution in [0, 0.1) is 0 Å². The van der Waals surface area contributed by atoms with Gasteiger partial charge in [-0.15, -0.1) is 0 Å². The summed E-state index contributed by atoms with van der Waals surface area (Å²) in [4.78, 5) is 17.9. The molecule has 0 aromatic heterocycles. The fourth-order valence-corrected chi connectivity index (χ4v) is 2.06. The van der Waals surface area contributed by atoms with Crippen molar-refractivity contribution in [3.63, 3.8) is 0 Å². The van der Waals surface area contributed by atoms with E-state index in [1.54, 1.807) is 11.1 Å². The molecule has 2 aliphatic rings. The summed E-state index contributed by atoms with van der Waals surface area (Å²) in [6, 6.07) is 0. The van der Waals surface area contributed by atoms with Crippen LogP contribution in [0.3, 0.4) is 0 Å². The Morgan fingerprint density at radius 1 is 0.833 bits per heavy atom. The second-order valence-corrected chi connectivity index (χ2v) is 5.40. The quantitative estimate of drug-likeness (QED) is 0.557. The summed E-state index contributed by atoms with van der Waals surface area (Å²) in [5, 5.41) is 17.9. The van der Waals surface area contributed by atoms with Crippen LogP contribution in [-0.2, 0) is 9.59 Å². The number of carboxylic acid groups (broad SMARTS) is 2. The van der Waals surface area contributed by atoms with Crippen LogP contribution in [0.25, 0.3) is 0 Å². The Morgan fingerprint density at radius 3 is 1.42 bits per heavy atom. The van der Waals surface area contributed by atoms with E-state index in [-0.39, 0.29) is 0 Å².